The topological polar surface area (TPSA) is 36.3 Å². The number of hydrogen-bond acceptors (Lipinski definition) is 3. The average Bonchev–Trinajstić information content (AvgIpc) is 2.73. The Labute approximate surface area is 89.9 Å². The highest BCUT2D eigenvalue weighted by molar-refractivity contribution is 5.55. The van der Waals surface area contributed by atoms with Crippen LogP contribution in [0.15, 0.2) is 18.2 Å². The lowest BCUT2D eigenvalue weighted by atomic mass is 10.1. The van der Waals surface area contributed by atoms with E-state index >= 15 is 0 Å². The van der Waals surface area contributed by atoms with Crippen LogP contribution in [0, 0.1) is 11.3 Å². The third kappa shape index (κ3) is 1.75. The maximum atomic E-state index is 8.84. The molecule has 1 aromatic rings. The normalized spacial score (nSPS) is 15.0. The smallest absolute Gasteiger partial charge is 0.122 e. The Balaban J connectivity index is 2.27. The van der Waals surface area contributed by atoms with Crippen LogP contribution in [-0.4, -0.2) is 19.7 Å². The molecule has 0 radical (unpaired) electrons. The van der Waals surface area contributed by atoms with E-state index in [0.717, 1.165) is 24.5 Å². The molecule has 0 spiro atoms. The summed E-state index contributed by atoms with van der Waals surface area (Å²) in [7, 11) is 1.94. The molecule has 1 atom stereocenters. The van der Waals surface area contributed by atoms with Crippen molar-refractivity contribution in [3.05, 3.63) is 23.8 Å². The fraction of sp³-hybridized carbons (Fsp3) is 0.417. The Morgan fingerprint density at radius 3 is 3.07 bits per heavy atom. The highest BCUT2D eigenvalue weighted by Crippen LogP contribution is 2.29. The minimum absolute atomic E-state index is 0.106. The van der Waals surface area contributed by atoms with Gasteiger partial charge in [-0.25, -0.2) is 0 Å². The molecule has 0 saturated heterocycles. The van der Waals surface area contributed by atoms with Crippen molar-refractivity contribution in [2.24, 2.45) is 0 Å². The number of benzene rings is 1. The summed E-state index contributed by atoms with van der Waals surface area (Å²) in [5.41, 5.74) is 2.32. The van der Waals surface area contributed by atoms with E-state index in [9.17, 15) is 0 Å². The molecule has 1 unspecified atom stereocenters. The van der Waals surface area contributed by atoms with Gasteiger partial charge in [-0.1, -0.05) is 0 Å². The first-order chi connectivity index (χ1) is 7.22. The van der Waals surface area contributed by atoms with Gasteiger partial charge in [0.1, 0.15) is 11.8 Å². The van der Waals surface area contributed by atoms with Gasteiger partial charge < -0.3 is 9.64 Å². The number of fused-ring (bicyclic) bond motifs is 1. The third-order valence-electron chi connectivity index (χ3n) is 2.85. The Kier molecular flexibility index (Phi) is 2.51. The summed E-state index contributed by atoms with van der Waals surface area (Å²) < 4.78 is 5.44. The van der Waals surface area contributed by atoms with Crippen LogP contribution in [0.25, 0.3) is 0 Å². The first kappa shape index (κ1) is 9.85. The molecule has 0 aliphatic carbocycles. The van der Waals surface area contributed by atoms with Gasteiger partial charge in [0.05, 0.1) is 12.7 Å². The number of nitrogens with zero attached hydrogens (tertiary/aromatic N) is 2. The summed E-state index contributed by atoms with van der Waals surface area (Å²) in [6.45, 7) is 2.67. The maximum absolute atomic E-state index is 8.84. The fourth-order valence-electron chi connectivity index (χ4n) is 1.70. The lowest BCUT2D eigenvalue weighted by Crippen LogP contribution is -2.27. The van der Waals surface area contributed by atoms with Crippen LogP contribution in [0.2, 0.25) is 0 Å². The molecule has 0 N–H and O–H groups in total. The van der Waals surface area contributed by atoms with E-state index in [1.807, 2.05) is 31.0 Å². The molecule has 3 heteroatoms. The van der Waals surface area contributed by atoms with Gasteiger partial charge in [-0.05, 0) is 30.7 Å². The van der Waals surface area contributed by atoms with E-state index < -0.39 is 0 Å². The third-order valence-corrected chi connectivity index (χ3v) is 2.85. The standard InChI is InChI=1S/C12H14N2O/c1-9(8-13)14(2)11-3-4-12-10(7-11)5-6-15-12/h3-4,7,9H,5-6H2,1-2H3. The molecular weight excluding hydrogens is 188 g/mol. The predicted octanol–water partition coefficient (Wildman–Crippen LogP) is 1.97. The zero-order valence-corrected chi connectivity index (χ0v) is 9.03. The van der Waals surface area contributed by atoms with E-state index in [2.05, 4.69) is 12.1 Å². The Bertz CT molecular complexity index is 409. The minimum atomic E-state index is -0.106. The zero-order valence-electron chi connectivity index (χ0n) is 9.03. The van der Waals surface area contributed by atoms with Crippen LogP contribution >= 0.6 is 0 Å². The lowest BCUT2D eigenvalue weighted by molar-refractivity contribution is 0.357. The van der Waals surface area contributed by atoms with Crippen LogP contribution in [0.3, 0.4) is 0 Å². The van der Waals surface area contributed by atoms with Crippen LogP contribution in [0.4, 0.5) is 5.69 Å². The minimum Gasteiger partial charge on any atom is -0.493 e. The molecule has 1 aliphatic heterocycles. The summed E-state index contributed by atoms with van der Waals surface area (Å²) in [6, 6.07) is 8.21. The van der Waals surface area contributed by atoms with Crippen molar-refractivity contribution < 1.29 is 4.74 Å². The predicted molar refractivity (Wildman–Crippen MR) is 59.1 cm³/mol. The van der Waals surface area contributed by atoms with E-state index in [1.165, 1.54) is 5.56 Å². The second-order valence-corrected chi connectivity index (χ2v) is 3.81. The lowest BCUT2D eigenvalue weighted by Gasteiger charge is -2.22. The van der Waals surface area contributed by atoms with Gasteiger partial charge in [-0.2, -0.15) is 5.26 Å². The Morgan fingerprint density at radius 2 is 2.33 bits per heavy atom. The van der Waals surface area contributed by atoms with E-state index in [-0.39, 0.29) is 6.04 Å². The van der Waals surface area contributed by atoms with Crippen molar-refractivity contribution in [1.29, 1.82) is 5.26 Å². The van der Waals surface area contributed by atoms with Crippen LogP contribution in [0.1, 0.15) is 12.5 Å². The van der Waals surface area contributed by atoms with Gasteiger partial charge in [-0.3, -0.25) is 0 Å². The molecule has 78 valence electrons. The molecule has 0 aromatic heterocycles. The number of hydrogen-bond donors (Lipinski definition) is 0. The first-order valence-electron chi connectivity index (χ1n) is 5.10. The molecule has 1 aromatic carbocycles. The SMILES string of the molecule is CC(C#N)N(C)c1ccc2c(c1)CCO2. The van der Waals surface area contributed by atoms with Gasteiger partial charge in [0, 0.05) is 19.2 Å². The summed E-state index contributed by atoms with van der Waals surface area (Å²) in [5.74, 6) is 0.983. The van der Waals surface area contributed by atoms with E-state index in [1.54, 1.807) is 0 Å². The van der Waals surface area contributed by atoms with Crippen molar-refractivity contribution >= 4 is 5.69 Å². The van der Waals surface area contributed by atoms with Crippen molar-refractivity contribution in [1.82, 2.24) is 0 Å². The number of anilines is 1. The maximum Gasteiger partial charge on any atom is 0.122 e. The van der Waals surface area contributed by atoms with E-state index in [0.29, 0.717) is 0 Å². The van der Waals surface area contributed by atoms with Crippen LogP contribution in [-0.2, 0) is 6.42 Å². The van der Waals surface area contributed by atoms with Crippen molar-refractivity contribution in [3.8, 4) is 11.8 Å². The second kappa shape index (κ2) is 3.82. The second-order valence-electron chi connectivity index (χ2n) is 3.81. The van der Waals surface area contributed by atoms with Gasteiger partial charge in [0.25, 0.3) is 0 Å². The zero-order chi connectivity index (χ0) is 10.8. The largest absolute Gasteiger partial charge is 0.493 e. The van der Waals surface area contributed by atoms with Gasteiger partial charge in [0.2, 0.25) is 0 Å². The molecule has 15 heavy (non-hydrogen) atoms. The van der Waals surface area contributed by atoms with E-state index in [4.69, 9.17) is 10.00 Å². The Hall–Kier alpha value is -1.69. The van der Waals surface area contributed by atoms with Gasteiger partial charge >= 0.3 is 0 Å². The fourth-order valence-corrected chi connectivity index (χ4v) is 1.70. The first-order valence-corrected chi connectivity index (χ1v) is 5.10. The summed E-state index contributed by atoms with van der Waals surface area (Å²) in [6.07, 6.45) is 0.970. The molecule has 1 heterocycles. The van der Waals surface area contributed by atoms with Crippen molar-refractivity contribution in [3.63, 3.8) is 0 Å². The quantitative estimate of drug-likeness (QED) is 0.735. The van der Waals surface area contributed by atoms with Crippen LogP contribution < -0.4 is 9.64 Å². The molecule has 0 bridgehead atoms. The average molecular weight is 202 g/mol. The van der Waals surface area contributed by atoms with Gasteiger partial charge in [0.15, 0.2) is 0 Å². The monoisotopic (exact) mass is 202 g/mol. The molecule has 3 nitrogen and oxygen atoms in total. The summed E-state index contributed by atoms with van der Waals surface area (Å²) >= 11 is 0. The molecule has 2 rings (SSSR count). The Morgan fingerprint density at radius 1 is 1.53 bits per heavy atom. The molecule has 1 aliphatic rings. The number of ether oxygens (including phenoxy) is 1. The highest BCUT2D eigenvalue weighted by Gasteiger charge is 2.15. The highest BCUT2D eigenvalue weighted by atomic mass is 16.5. The molecule has 0 saturated carbocycles. The summed E-state index contributed by atoms with van der Waals surface area (Å²) in [5, 5.41) is 8.84. The molecule has 0 amide bonds. The van der Waals surface area contributed by atoms with Crippen molar-refractivity contribution in [2.75, 3.05) is 18.6 Å². The summed E-state index contributed by atoms with van der Waals surface area (Å²) in [4.78, 5) is 1.97. The molecular formula is C12H14N2O. The van der Waals surface area contributed by atoms with Crippen molar-refractivity contribution in [2.45, 2.75) is 19.4 Å². The molecule has 0 fully saturated rings. The van der Waals surface area contributed by atoms with Gasteiger partial charge in [-0.15, -0.1) is 0 Å². The number of nitriles is 1. The number of rotatable bonds is 2. The van der Waals surface area contributed by atoms with Crippen LogP contribution in [0.5, 0.6) is 5.75 Å².